The Kier molecular flexibility index (Phi) is 10.0. The smallest absolute Gasteiger partial charge is 0.465 e. The molecule has 0 aromatic carbocycles. The topological polar surface area (TPSA) is 111 Å². The number of rotatable bonds is 5. The Labute approximate surface area is 83.8 Å². The van der Waals surface area contributed by atoms with Gasteiger partial charge in [-0.15, -0.1) is 0 Å². The van der Waals surface area contributed by atoms with Gasteiger partial charge in [0.2, 0.25) is 0 Å². The lowest BCUT2D eigenvalue weighted by Crippen LogP contribution is -2.43. The number of hydrogen-bond acceptors (Lipinski definition) is 4. The summed E-state index contributed by atoms with van der Waals surface area (Å²) in [4.78, 5) is 8.78. The van der Waals surface area contributed by atoms with Crippen molar-refractivity contribution in [2.24, 2.45) is 5.73 Å². The molecule has 14 heavy (non-hydrogen) atoms. The average Bonchev–Trinajstić information content (AvgIpc) is 2.14. The van der Waals surface area contributed by atoms with Crippen molar-refractivity contribution in [3.63, 3.8) is 0 Å². The molecule has 0 bridgehead atoms. The van der Waals surface area contributed by atoms with E-state index < -0.39 is 14.9 Å². The number of hydrogen-bond donors (Lipinski definition) is 2. The number of amides is 1. The normalized spacial score (nSPS) is 10.3. The van der Waals surface area contributed by atoms with Crippen LogP contribution in [0.2, 0.25) is 6.04 Å². The van der Waals surface area contributed by atoms with E-state index in [9.17, 15) is 5.11 Å². The molecule has 0 saturated heterocycles. The first-order chi connectivity index (χ1) is 6.47. The molecule has 0 aliphatic carbocycles. The van der Waals surface area contributed by atoms with Gasteiger partial charge in [-0.1, -0.05) is 0 Å². The predicted molar refractivity (Wildman–Crippen MR) is 49.4 cm³/mol. The Bertz CT molecular complexity index is 139. The van der Waals surface area contributed by atoms with Crippen molar-refractivity contribution in [2.45, 2.75) is 6.04 Å². The van der Waals surface area contributed by atoms with Crippen molar-refractivity contribution >= 4 is 14.9 Å². The van der Waals surface area contributed by atoms with E-state index in [4.69, 9.17) is 23.2 Å². The van der Waals surface area contributed by atoms with Crippen LogP contribution in [0.15, 0.2) is 0 Å². The molecule has 0 rings (SSSR count). The molecule has 0 unspecified atom stereocenters. The van der Waals surface area contributed by atoms with Gasteiger partial charge in [-0.25, -0.2) is 9.90 Å². The van der Waals surface area contributed by atoms with Crippen molar-refractivity contribution in [1.82, 2.24) is 0 Å². The van der Waals surface area contributed by atoms with Crippen LogP contribution in [0.3, 0.4) is 0 Å². The summed E-state index contributed by atoms with van der Waals surface area (Å²) < 4.78 is 14.9. The third kappa shape index (κ3) is 7.95. The lowest BCUT2D eigenvalue weighted by atomic mass is 10.9. The van der Waals surface area contributed by atoms with E-state index in [0.717, 1.165) is 0 Å². The molecule has 7 nitrogen and oxygen atoms in total. The number of carbonyl (C=O) groups is 1. The molecule has 0 heterocycles. The zero-order chi connectivity index (χ0) is 11.6. The van der Waals surface area contributed by atoms with Gasteiger partial charge < -0.3 is 24.1 Å². The fourth-order valence-corrected chi connectivity index (χ4v) is 2.04. The Balaban J connectivity index is 0. The van der Waals surface area contributed by atoms with Gasteiger partial charge in [-0.05, 0) is 0 Å². The largest absolute Gasteiger partial charge is 0.502 e. The van der Waals surface area contributed by atoms with Crippen LogP contribution in [0.25, 0.3) is 0 Å². The second-order valence-electron chi connectivity index (χ2n) is 2.09. The Morgan fingerprint density at radius 2 is 1.57 bits per heavy atom. The highest BCUT2D eigenvalue weighted by Crippen LogP contribution is 2.10. The summed E-state index contributed by atoms with van der Waals surface area (Å²) in [6.45, 7) is -0.220. The van der Waals surface area contributed by atoms with Gasteiger partial charge in [-0.3, -0.25) is 0 Å². The fraction of sp³-hybridized carbons (Fsp3) is 0.833. The average molecular weight is 226 g/mol. The number of primary amides is 1. The van der Waals surface area contributed by atoms with E-state index >= 15 is 0 Å². The zero-order valence-corrected chi connectivity index (χ0v) is 9.48. The Hall–Kier alpha value is -0.673. The van der Waals surface area contributed by atoms with Crippen molar-refractivity contribution < 1.29 is 28.3 Å². The highest BCUT2D eigenvalue weighted by atomic mass is 28.4. The van der Waals surface area contributed by atoms with Crippen LogP contribution >= 0.6 is 0 Å². The van der Waals surface area contributed by atoms with Crippen LogP contribution in [-0.4, -0.2) is 47.9 Å². The van der Waals surface area contributed by atoms with Gasteiger partial charge in [-0.2, -0.15) is 0 Å². The van der Waals surface area contributed by atoms with Crippen LogP contribution in [0.4, 0.5) is 4.79 Å². The molecule has 0 aliphatic rings. The summed E-state index contributed by atoms with van der Waals surface area (Å²) >= 11 is 0. The molecule has 0 saturated carbocycles. The van der Waals surface area contributed by atoms with E-state index in [0.29, 0.717) is 6.04 Å². The predicted octanol–water partition coefficient (Wildman–Crippen LogP) is -0.0819. The number of nitrogens with two attached hydrogens (primary N) is 1. The number of carboxylic acid groups (broad SMARTS) is 1. The molecule has 0 aromatic heterocycles. The van der Waals surface area contributed by atoms with E-state index in [-0.39, 0.29) is 6.61 Å². The third-order valence-electron chi connectivity index (χ3n) is 1.34. The minimum absolute atomic E-state index is 0.220. The maximum atomic E-state index is 10.2. The fourth-order valence-electron chi connectivity index (χ4n) is 0.681. The molecule has 1 radical (unpaired) electrons. The van der Waals surface area contributed by atoms with E-state index in [1.54, 1.807) is 0 Å². The molecule has 0 atom stereocenters. The summed E-state index contributed by atoms with van der Waals surface area (Å²) in [7, 11) is 1.95. The monoisotopic (exact) mass is 226 g/mol. The second-order valence-corrected chi connectivity index (χ2v) is 5.18. The summed E-state index contributed by atoms with van der Waals surface area (Å²) in [5.41, 5.74) is 4.03. The SMILES string of the molecule is CO[Si](CC[O])(OC)OC.NC(=O)O. The van der Waals surface area contributed by atoms with Crippen molar-refractivity contribution in [3.8, 4) is 0 Å². The van der Waals surface area contributed by atoms with Crippen LogP contribution in [0.1, 0.15) is 0 Å². The van der Waals surface area contributed by atoms with Gasteiger partial charge in [0.15, 0.2) is 0 Å². The first kappa shape index (κ1) is 15.8. The van der Waals surface area contributed by atoms with Crippen LogP contribution in [-0.2, 0) is 18.4 Å². The maximum absolute atomic E-state index is 10.2. The van der Waals surface area contributed by atoms with Crippen molar-refractivity contribution in [2.75, 3.05) is 27.9 Å². The molecule has 8 heteroatoms. The molecule has 0 aromatic rings. The van der Waals surface area contributed by atoms with Gasteiger partial charge in [0.25, 0.3) is 0 Å². The molecule has 0 spiro atoms. The molecule has 85 valence electrons. The quantitative estimate of drug-likeness (QED) is 0.637. The van der Waals surface area contributed by atoms with Crippen LogP contribution in [0.5, 0.6) is 0 Å². The van der Waals surface area contributed by atoms with Crippen molar-refractivity contribution in [1.29, 1.82) is 0 Å². The summed E-state index contributed by atoms with van der Waals surface area (Å²) in [5.74, 6) is 0. The van der Waals surface area contributed by atoms with Gasteiger partial charge in [0.1, 0.15) is 0 Å². The summed E-state index contributed by atoms with van der Waals surface area (Å²) in [6.07, 6.45) is -1.33. The lowest BCUT2D eigenvalue weighted by molar-refractivity contribution is 0.107. The van der Waals surface area contributed by atoms with E-state index in [1.807, 2.05) is 0 Å². The van der Waals surface area contributed by atoms with Gasteiger partial charge in [0, 0.05) is 27.4 Å². The molecular formula is C6H16NO6Si. The highest BCUT2D eigenvalue weighted by molar-refractivity contribution is 6.60. The minimum atomic E-state index is -2.53. The molecule has 1 amide bonds. The van der Waals surface area contributed by atoms with Crippen LogP contribution in [0, 0.1) is 0 Å². The minimum Gasteiger partial charge on any atom is -0.465 e. The van der Waals surface area contributed by atoms with Crippen molar-refractivity contribution in [3.05, 3.63) is 0 Å². The highest BCUT2D eigenvalue weighted by Gasteiger charge is 2.36. The Morgan fingerprint density at radius 3 is 1.64 bits per heavy atom. The standard InChI is InChI=1S/C5H13O4Si.CH3NO2/c1-7-10(8-2,9-3)5-4-6;2-1(3)4/h4-5H2,1-3H3;2H2,(H,3,4). The lowest BCUT2D eigenvalue weighted by Gasteiger charge is -2.22. The Morgan fingerprint density at radius 1 is 1.29 bits per heavy atom. The second kappa shape index (κ2) is 8.90. The van der Waals surface area contributed by atoms with E-state index in [1.165, 1.54) is 21.3 Å². The first-order valence-electron chi connectivity index (χ1n) is 3.70. The summed E-state index contributed by atoms with van der Waals surface area (Å²) in [6, 6.07) is 0.330. The zero-order valence-electron chi connectivity index (χ0n) is 8.48. The maximum Gasteiger partial charge on any atom is 0.502 e. The molecular weight excluding hydrogens is 210 g/mol. The molecule has 0 fully saturated rings. The third-order valence-corrected chi connectivity index (χ3v) is 4.02. The van der Waals surface area contributed by atoms with E-state index in [2.05, 4.69) is 5.73 Å². The molecule has 3 N–H and O–H groups in total. The van der Waals surface area contributed by atoms with Gasteiger partial charge >= 0.3 is 14.9 Å². The van der Waals surface area contributed by atoms with Crippen LogP contribution < -0.4 is 5.73 Å². The first-order valence-corrected chi connectivity index (χ1v) is 5.63. The summed E-state index contributed by atoms with van der Waals surface area (Å²) in [5, 5.41) is 17.4. The van der Waals surface area contributed by atoms with Gasteiger partial charge in [0.05, 0.1) is 6.61 Å². The molecule has 0 aliphatic heterocycles.